The van der Waals surface area contributed by atoms with Gasteiger partial charge in [0, 0.05) is 0 Å². The average Bonchev–Trinajstić information content (AvgIpc) is 2.78. The molecule has 1 saturated heterocycles. The van der Waals surface area contributed by atoms with E-state index < -0.39 is 29.5 Å². The molecule has 0 saturated carbocycles. The second-order valence-electron chi connectivity index (χ2n) is 5.43. The van der Waals surface area contributed by atoms with Gasteiger partial charge < -0.3 is 10.4 Å². The SMILES string of the molecule is CCc1ccc(C2(CC)NC(=O)N(C(C)C(=O)O)C2=O)cc1. The number of imide groups is 1. The molecule has 1 fully saturated rings. The molecule has 1 aromatic rings. The number of carbonyl (C=O) groups excluding carboxylic acids is 2. The lowest BCUT2D eigenvalue weighted by molar-refractivity contribution is -0.147. The fraction of sp³-hybridized carbons (Fsp3) is 0.438. The van der Waals surface area contributed by atoms with Gasteiger partial charge in [-0.15, -0.1) is 0 Å². The molecule has 2 atom stereocenters. The first kappa shape index (κ1) is 16.0. The summed E-state index contributed by atoms with van der Waals surface area (Å²) in [6, 6.07) is 5.59. The van der Waals surface area contributed by atoms with Gasteiger partial charge in [0.15, 0.2) is 0 Å². The Kier molecular flexibility index (Phi) is 4.21. The molecule has 2 unspecified atom stereocenters. The number of amides is 3. The predicted octanol–water partition coefficient (Wildman–Crippen LogP) is 1.88. The molecule has 0 aromatic heterocycles. The van der Waals surface area contributed by atoms with Crippen LogP contribution >= 0.6 is 0 Å². The van der Waals surface area contributed by atoms with E-state index in [1.54, 1.807) is 6.92 Å². The molecule has 0 radical (unpaired) electrons. The first-order valence-electron chi connectivity index (χ1n) is 7.35. The Morgan fingerprint density at radius 3 is 2.32 bits per heavy atom. The van der Waals surface area contributed by atoms with Gasteiger partial charge in [-0.3, -0.25) is 4.79 Å². The minimum absolute atomic E-state index is 0.353. The zero-order valence-electron chi connectivity index (χ0n) is 12.9. The molecule has 1 aromatic carbocycles. The van der Waals surface area contributed by atoms with Crippen LogP contribution < -0.4 is 5.32 Å². The zero-order chi connectivity index (χ0) is 16.5. The van der Waals surface area contributed by atoms with E-state index >= 15 is 0 Å². The van der Waals surface area contributed by atoms with Crippen LogP contribution in [-0.2, 0) is 21.5 Å². The minimum Gasteiger partial charge on any atom is -0.480 e. The topological polar surface area (TPSA) is 86.7 Å². The van der Waals surface area contributed by atoms with E-state index in [0.717, 1.165) is 16.9 Å². The third-order valence-corrected chi connectivity index (χ3v) is 4.25. The second-order valence-corrected chi connectivity index (χ2v) is 5.43. The van der Waals surface area contributed by atoms with E-state index in [1.165, 1.54) is 6.92 Å². The van der Waals surface area contributed by atoms with Crippen LogP contribution in [0.2, 0.25) is 0 Å². The maximum absolute atomic E-state index is 12.7. The number of carbonyl (C=O) groups is 3. The fourth-order valence-corrected chi connectivity index (χ4v) is 2.72. The summed E-state index contributed by atoms with van der Waals surface area (Å²) in [5, 5.41) is 11.8. The number of hydrogen-bond donors (Lipinski definition) is 2. The van der Waals surface area contributed by atoms with Gasteiger partial charge in [-0.1, -0.05) is 38.1 Å². The summed E-state index contributed by atoms with van der Waals surface area (Å²) in [5.74, 6) is -1.73. The van der Waals surface area contributed by atoms with Crippen LogP contribution in [0.25, 0.3) is 0 Å². The fourth-order valence-electron chi connectivity index (χ4n) is 2.72. The second kappa shape index (κ2) is 5.79. The Bertz CT molecular complexity index is 611. The number of hydrogen-bond acceptors (Lipinski definition) is 3. The Morgan fingerprint density at radius 1 is 1.27 bits per heavy atom. The number of carboxylic acid groups (broad SMARTS) is 1. The van der Waals surface area contributed by atoms with E-state index in [4.69, 9.17) is 5.11 Å². The van der Waals surface area contributed by atoms with Crippen molar-refractivity contribution in [2.24, 2.45) is 0 Å². The maximum Gasteiger partial charge on any atom is 0.326 e. The van der Waals surface area contributed by atoms with Crippen LogP contribution in [0.4, 0.5) is 4.79 Å². The quantitative estimate of drug-likeness (QED) is 0.813. The zero-order valence-corrected chi connectivity index (χ0v) is 12.9. The third kappa shape index (κ3) is 2.34. The van der Waals surface area contributed by atoms with Gasteiger partial charge in [0.25, 0.3) is 5.91 Å². The molecule has 22 heavy (non-hydrogen) atoms. The molecule has 1 aliphatic rings. The van der Waals surface area contributed by atoms with Gasteiger partial charge in [0.05, 0.1) is 0 Å². The summed E-state index contributed by atoms with van der Waals surface area (Å²) in [4.78, 5) is 36.8. The lowest BCUT2D eigenvalue weighted by Gasteiger charge is -2.26. The van der Waals surface area contributed by atoms with Crippen molar-refractivity contribution in [1.29, 1.82) is 0 Å². The van der Waals surface area contributed by atoms with Gasteiger partial charge >= 0.3 is 12.0 Å². The highest BCUT2D eigenvalue weighted by atomic mass is 16.4. The number of aliphatic carboxylic acids is 1. The van der Waals surface area contributed by atoms with Crippen LogP contribution in [-0.4, -0.2) is 34.0 Å². The summed E-state index contributed by atoms with van der Waals surface area (Å²) in [5.41, 5.74) is 0.612. The molecule has 2 N–H and O–H groups in total. The maximum atomic E-state index is 12.7. The van der Waals surface area contributed by atoms with Crippen LogP contribution in [0, 0.1) is 0 Å². The highest BCUT2D eigenvalue weighted by Gasteiger charge is 2.53. The Hall–Kier alpha value is -2.37. The Morgan fingerprint density at radius 2 is 1.86 bits per heavy atom. The molecule has 1 heterocycles. The molecule has 6 nitrogen and oxygen atoms in total. The normalized spacial score (nSPS) is 22.6. The molecule has 0 aliphatic carbocycles. The van der Waals surface area contributed by atoms with E-state index in [1.807, 2.05) is 31.2 Å². The van der Waals surface area contributed by atoms with E-state index in [-0.39, 0.29) is 0 Å². The summed E-state index contributed by atoms with van der Waals surface area (Å²) in [6.07, 6.45) is 1.23. The van der Waals surface area contributed by atoms with E-state index in [9.17, 15) is 14.4 Å². The highest BCUT2D eigenvalue weighted by molar-refractivity contribution is 6.09. The molecule has 2 rings (SSSR count). The molecular formula is C16H20N2O4. The monoisotopic (exact) mass is 304 g/mol. The number of nitrogens with one attached hydrogen (secondary N) is 1. The standard InChI is InChI=1S/C16H20N2O4/c1-4-11-6-8-12(9-7-11)16(5-2)14(21)18(15(22)17-16)10(3)13(19)20/h6-10H,4-5H2,1-3H3,(H,17,22)(H,19,20). The largest absolute Gasteiger partial charge is 0.480 e. The number of urea groups is 1. The summed E-state index contributed by atoms with van der Waals surface area (Å²) >= 11 is 0. The van der Waals surface area contributed by atoms with Crippen molar-refractivity contribution in [2.75, 3.05) is 0 Å². The summed E-state index contributed by atoms with van der Waals surface area (Å²) in [6.45, 7) is 5.15. The lowest BCUT2D eigenvalue weighted by atomic mass is 9.86. The number of rotatable bonds is 5. The van der Waals surface area contributed by atoms with Crippen molar-refractivity contribution < 1.29 is 19.5 Å². The van der Waals surface area contributed by atoms with Gasteiger partial charge in [-0.05, 0) is 30.9 Å². The Labute approximate surface area is 129 Å². The summed E-state index contributed by atoms with van der Waals surface area (Å²) in [7, 11) is 0. The third-order valence-electron chi connectivity index (χ3n) is 4.25. The predicted molar refractivity (Wildman–Crippen MR) is 80.3 cm³/mol. The molecule has 1 aliphatic heterocycles. The van der Waals surface area contributed by atoms with Gasteiger partial charge in [0.1, 0.15) is 11.6 Å². The first-order valence-corrected chi connectivity index (χ1v) is 7.35. The number of nitrogens with zero attached hydrogens (tertiary/aromatic N) is 1. The number of aryl methyl sites for hydroxylation is 1. The van der Waals surface area contributed by atoms with Crippen molar-refractivity contribution in [3.63, 3.8) is 0 Å². The lowest BCUT2D eigenvalue weighted by Crippen LogP contribution is -2.46. The van der Waals surface area contributed by atoms with Crippen molar-refractivity contribution >= 4 is 17.9 Å². The first-order chi connectivity index (χ1) is 10.4. The van der Waals surface area contributed by atoms with Gasteiger partial charge in [-0.25, -0.2) is 14.5 Å². The number of carboxylic acids is 1. The smallest absolute Gasteiger partial charge is 0.326 e. The number of benzene rings is 1. The molecule has 118 valence electrons. The van der Waals surface area contributed by atoms with Crippen LogP contribution in [0.15, 0.2) is 24.3 Å². The molecule has 0 spiro atoms. The van der Waals surface area contributed by atoms with Crippen molar-refractivity contribution in [2.45, 2.75) is 45.2 Å². The van der Waals surface area contributed by atoms with Gasteiger partial charge in [-0.2, -0.15) is 0 Å². The van der Waals surface area contributed by atoms with Crippen molar-refractivity contribution in [3.05, 3.63) is 35.4 Å². The van der Waals surface area contributed by atoms with E-state index in [0.29, 0.717) is 12.0 Å². The van der Waals surface area contributed by atoms with Crippen molar-refractivity contribution in [3.8, 4) is 0 Å². The van der Waals surface area contributed by atoms with Crippen molar-refractivity contribution in [1.82, 2.24) is 10.2 Å². The molecule has 0 bridgehead atoms. The van der Waals surface area contributed by atoms with Crippen LogP contribution in [0.1, 0.15) is 38.3 Å². The van der Waals surface area contributed by atoms with Gasteiger partial charge in [0.2, 0.25) is 0 Å². The average molecular weight is 304 g/mol. The molecule has 6 heteroatoms. The highest BCUT2D eigenvalue weighted by Crippen LogP contribution is 2.33. The molecule has 3 amide bonds. The summed E-state index contributed by atoms with van der Waals surface area (Å²) < 4.78 is 0. The van der Waals surface area contributed by atoms with Crippen LogP contribution in [0.3, 0.4) is 0 Å². The van der Waals surface area contributed by atoms with Crippen LogP contribution in [0.5, 0.6) is 0 Å². The van der Waals surface area contributed by atoms with E-state index in [2.05, 4.69) is 5.32 Å². The molecular weight excluding hydrogens is 284 g/mol. The Balaban J connectivity index is 2.44. The minimum atomic E-state index is -1.21.